The zero-order valence-corrected chi connectivity index (χ0v) is 28.2. The molecule has 4 aliphatic rings. The fraction of sp³-hybridized carbons (Fsp3) is 0.636. The number of rotatable bonds is 6. The number of hydrogen-bond acceptors (Lipinski definition) is 13. The predicted octanol–water partition coefficient (Wildman–Crippen LogP) is 2.12. The first-order chi connectivity index (χ1) is 22.8. The smallest absolute Gasteiger partial charge is 0.164 e. The minimum absolute atomic E-state index is 0.113. The van der Waals surface area contributed by atoms with E-state index in [-0.39, 0.29) is 38.1 Å². The lowest BCUT2D eigenvalue weighted by Gasteiger charge is -2.32. The third-order valence-electron chi connectivity index (χ3n) is 9.95. The lowest BCUT2D eigenvalue weighted by molar-refractivity contribution is -0.224. The van der Waals surface area contributed by atoms with Gasteiger partial charge in [-0.05, 0) is 72.2 Å². The predicted molar refractivity (Wildman–Crippen MR) is 168 cm³/mol. The normalized spacial score (nSPS) is 32.8. The summed E-state index contributed by atoms with van der Waals surface area (Å²) in [5, 5.41) is 38.4. The van der Waals surface area contributed by atoms with E-state index in [1.807, 2.05) is 77.2 Å². The number of fused-ring (bicyclic) bond motifs is 4. The fourth-order valence-electron chi connectivity index (χ4n) is 7.48. The van der Waals surface area contributed by atoms with Gasteiger partial charge >= 0.3 is 0 Å². The molecule has 4 saturated heterocycles. The Morgan fingerprint density at radius 3 is 1.46 bits per heavy atom. The fourth-order valence-corrected chi connectivity index (χ4v) is 7.48. The van der Waals surface area contributed by atoms with Crippen LogP contribution in [0.2, 0.25) is 0 Å². The van der Waals surface area contributed by atoms with Crippen LogP contribution in [0.25, 0.3) is 11.0 Å². The van der Waals surface area contributed by atoms with Crippen LogP contribution in [0.4, 0.5) is 0 Å². The number of aromatic nitrogens is 6. The monoisotopic (exact) mass is 668 g/mol. The van der Waals surface area contributed by atoms with E-state index < -0.39 is 41.1 Å². The van der Waals surface area contributed by atoms with Crippen molar-refractivity contribution in [3.63, 3.8) is 0 Å². The molecule has 4 aromatic rings. The van der Waals surface area contributed by atoms with Gasteiger partial charge in [0.1, 0.15) is 60.5 Å². The number of aliphatic hydroxyl groups excluding tert-OH is 3. The Labute approximate surface area is 277 Å². The van der Waals surface area contributed by atoms with Crippen molar-refractivity contribution in [2.45, 2.75) is 114 Å². The molecule has 48 heavy (non-hydrogen) atoms. The van der Waals surface area contributed by atoms with E-state index in [1.54, 1.807) is 4.52 Å². The van der Waals surface area contributed by atoms with E-state index in [2.05, 4.69) is 20.2 Å². The van der Waals surface area contributed by atoms with Crippen LogP contribution >= 0.6 is 0 Å². The van der Waals surface area contributed by atoms with Crippen molar-refractivity contribution in [2.75, 3.05) is 19.8 Å². The topological polar surface area (TPSA) is 176 Å². The quantitative estimate of drug-likeness (QED) is 0.273. The van der Waals surface area contributed by atoms with Gasteiger partial charge in [0.05, 0.1) is 53.6 Å². The van der Waals surface area contributed by atoms with Crippen LogP contribution in [0.3, 0.4) is 0 Å². The Morgan fingerprint density at radius 1 is 0.625 bits per heavy atom. The van der Waals surface area contributed by atoms with Crippen LogP contribution in [0, 0.1) is 13.8 Å². The molecule has 0 spiro atoms. The summed E-state index contributed by atoms with van der Waals surface area (Å²) in [7, 11) is 0. The molecule has 8 rings (SSSR count). The molecule has 0 amide bonds. The summed E-state index contributed by atoms with van der Waals surface area (Å²) >= 11 is 0. The molecule has 7 atom stereocenters. The average molecular weight is 669 g/mol. The maximum Gasteiger partial charge on any atom is 0.164 e. The molecule has 4 aliphatic heterocycles. The molecular formula is C33H44N6O9. The Balaban J connectivity index is 0.000000152. The molecule has 0 aromatic carbocycles. The summed E-state index contributed by atoms with van der Waals surface area (Å²) in [6.45, 7) is 12.4. The van der Waals surface area contributed by atoms with Crippen molar-refractivity contribution < 1.29 is 43.7 Å². The lowest BCUT2D eigenvalue weighted by atomic mass is 9.92. The number of hydrogen-bond donors (Lipinski definition) is 3. The van der Waals surface area contributed by atoms with E-state index in [9.17, 15) is 15.3 Å². The van der Waals surface area contributed by atoms with Crippen LogP contribution < -0.4 is 0 Å². The summed E-state index contributed by atoms with van der Waals surface area (Å²) in [4.78, 5) is 8.42. The van der Waals surface area contributed by atoms with Crippen molar-refractivity contribution >= 4 is 11.0 Å². The zero-order valence-electron chi connectivity index (χ0n) is 28.2. The largest absolute Gasteiger partial charge is 0.393 e. The highest BCUT2D eigenvalue weighted by Crippen LogP contribution is 2.52. The zero-order chi connectivity index (χ0) is 34.2. The highest BCUT2D eigenvalue weighted by atomic mass is 16.8. The van der Waals surface area contributed by atoms with Gasteiger partial charge in [0, 0.05) is 0 Å². The first-order valence-corrected chi connectivity index (χ1v) is 16.3. The van der Waals surface area contributed by atoms with Gasteiger partial charge in [0.2, 0.25) is 0 Å². The van der Waals surface area contributed by atoms with Crippen molar-refractivity contribution in [1.82, 2.24) is 29.2 Å². The molecule has 3 N–H and O–H groups in total. The van der Waals surface area contributed by atoms with Gasteiger partial charge < -0.3 is 43.7 Å². The summed E-state index contributed by atoms with van der Waals surface area (Å²) in [6.07, 6.45) is 1.15. The second-order valence-electron chi connectivity index (χ2n) is 13.9. The highest BCUT2D eigenvalue weighted by molar-refractivity contribution is 5.53. The summed E-state index contributed by atoms with van der Waals surface area (Å²) in [5.74, 6) is -1.52. The number of aliphatic hydroxyl groups is 3. The maximum atomic E-state index is 10.0. The lowest BCUT2D eigenvalue weighted by Crippen LogP contribution is -2.49. The maximum absolute atomic E-state index is 10.0. The molecule has 0 bridgehead atoms. The van der Waals surface area contributed by atoms with E-state index in [0.717, 1.165) is 33.8 Å². The molecule has 4 aromatic heterocycles. The number of aryl methyl sites for hydroxylation is 2. The number of nitrogens with zero attached hydrogens (tertiary/aromatic N) is 6. The Bertz CT molecular complexity index is 1670. The summed E-state index contributed by atoms with van der Waals surface area (Å²) in [6, 6.07) is 7.78. The van der Waals surface area contributed by atoms with E-state index in [4.69, 9.17) is 28.4 Å². The summed E-state index contributed by atoms with van der Waals surface area (Å²) in [5.41, 5.74) is 3.24. The van der Waals surface area contributed by atoms with Crippen molar-refractivity contribution in [2.24, 2.45) is 0 Å². The van der Waals surface area contributed by atoms with Crippen molar-refractivity contribution in [1.29, 1.82) is 0 Å². The van der Waals surface area contributed by atoms with Crippen molar-refractivity contribution in [3.8, 4) is 0 Å². The Hall–Kier alpha value is -3.12. The minimum atomic E-state index is -1.21. The second kappa shape index (κ2) is 11.7. The summed E-state index contributed by atoms with van der Waals surface area (Å²) < 4.78 is 40.1. The molecule has 0 saturated carbocycles. The molecule has 0 unspecified atom stereocenters. The van der Waals surface area contributed by atoms with Crippen LogP contribution in [-0.4, -0.2) is 112 Å². The third-order valence-corrected chi connectivity index (χ3v) is 9.95. The second-order valence-corrected chi connectivity index (χ2v) is 13.9. The molecule has 0 aliphatic carbocycles. The molecule has 0 radical (unpaired) electrons. The molecule has 260 valence electrons. The van der Waals surface area contributed by atoms with Gasteiger partial charge in [-0.15, -0.1) is 0 Å². The van der Waals surface area contributed by atoms with Crippen LogP contribution in [0.5, 0.6) is 0 Å². The van der Waals surface area contributed by atoms with Gasteiger partial charge in [0.15, 0.2) is 11.6 Å². The molecule has 15 heteroatoms. The molecule has 15 nitrogen and oxygen atoms in total. The SMILES string of the molecule is CC[C@]1(CO)O[C@@H](c2ccc3c(C)ncnn23)[C@@H]2OC(C)(C)O[C@@H]21.Cc1ncnn2c([C@@H]3OC(CO)(CO)[C@H]4OC(C)(C)O[C@@H]34)ccc12. The first kappa shape index (κ1) is 33.4. The molecular weight excluding hydrogens is 624 g/mol. The Morgan fingerprint density at radius 2 is 1.04 bits per heavy atom. The Kier molecular flexibility index (Phi) is 8.17. The van der Waals surface area contributed by atoms with Crippen LogP contribution in [0.15, 0.2) is 36.9 Å². The minimum Gasteiger partial charge on any atom is -0.393 e. The van der Waals surface area contributed by atoms with Gasteiger partial charge in [-0.1, -0.05) is 6.92 Å². The van der Waals surface area contributed by atoms with E-state index in [1.165, 1.54) is 12.7 Å². The number of ether oxygens (including phenoxy) is 6. The first-order valence-electron chi connectivity index (χ1n) is 16.3. The van der Waals surface area contributed by atoms with Gasteiger partial charge in [-0.2, -0.15) is 10.2 Å². The van der Waals surface area contributed by atoms with Crippen LogP contribution in [0.1, 0.15) is 76.0 Å². The highest BCUT2D eigenvalue weighted by Gasteiger charge is 2.64. The third kappa shape index (κ3) is 5.15. The van der Waals surface area contributed by atoms with Gasteiger partial charge in [0.25, 0.3) is 0 Å². The van der Waals surface area contributed by atoms with Crippen LogP contribution in [-0.2, 0) is 28.4 Å². The standard InChI is InChI=1S/C17H23N3O4.C16H21N3O5/c1-5-17(8-21)15-14(22-16(3,4)24-15)13(23-17)12-7-6-11-10(2)18-9-19-20(11)12;1-9-10-4-5-11(19(10)18-8-17-9)12-13-14(24-15(2,3)22-13)16(6-20,7-21)23-12/h6-7,9,13-15,21H,5,8H2,1-4H3;4-5,8,12-14,20-21H,6-7H2,1-3H3/t13-,14-,15-,17+;12-,13-,14-/m00/s1. The van der Waals surface area contributed by atoms with Crippen molar-refractivity contribution in [3.05, 3.63) is 59.7 Å². The molecule has 4 fully saturated rings. The van der Waals surface area contributed by atoms with Gasteiger partial charge in [-0.25, -0.2) is 19.0 Å². The van der Waals surface area contributed by atoms with E-state index >= 15 is 0 Å². The average Bonchev–Trinajstić information content (AvgIpc) is 3.89. The van der Waals surface area contributed by atoms with Gasteiger partial charge in [-0.3, -0.25) is 0 Å². The van der Waals surface area contributed by atoms with E-state index in [0.29, 0.717) is 6.42 Å². The molecule has 8 heterocycles.